The Balaban J connectivity index is 1.59. The monoisotopic (exact) mass is 490 g/mol. The third kappa shape index (κ3) is 4.43. The number of rotatable bonds is 5. The quantitative estimate of drug-likeness (QED) is 0.549. The van der Waals surface area contributed by atoms with Gasteiger partial charge in [0.25, 0.3) is 5.91 Å². The number of nitrogens with zero attached hydrogens (tertiary/aromatic N) is 3. The average molecular weight is 491 g/mol. The van der Waals surface area contributed by atoms with Crippen LogP contribution in [0.5, 0.6) is 0 Å². The third-order valence-electron chi connectivity index (χ3n) is 5.38. The number of hydrogen-bond donors (Lipinski definition) is 1. The van der Waals surface area contributed by atoms with E-state index in [9.17, 15) is 13.2 Å². The predicted molar refractivity (Wildman–Crippen MR) is 126 cm³/mol. The van der Waals surface area contributed by atoms with Gasteiger partial charge in [0, 0.05) is 17.3 Å². The Morgan fingerprint density at radius 2 is 1.88 bits per heavy atom. The first-order valence-electron chi connectivity index (χ1n) is 10.2. The maximum Gasteiger partial charge on any atom is 0.286 e. The number of aryl methyl sites for hydroxylation is 3. The second-order valence-corrected chi connectivity index (χ2v) is 11.2. The van der Waals surface area contributed by atoms with Gasteiger partial charge in [-0.25, -0.2) is 8.42 Å². The van der Waals surface area contributed by atoms with Gasteiger partial charge in [-0.15, -0.1) is 10.2 Å². The molecule has 0 saturated carbocycles. The van der Waals surface area contributed by atoms with E-state index < -0.39 is 22.0 Å². The summed E-state index contributed by atoms with van der Waals surface area (Å²) >= 11 is 7.08. The topological polar surface area (TPSA) is 92.3 Å². The van der Waals surface area contributed by atoms with E-state index in [1.54, 1.807) is 24.3 Å². The molecule has 7 nitrogen and oxygen atoms in total. The molecule has 1 amide bonds. The Hall–Kier alpha value is -2.33. The van der Waals surface area contributed by atoms with E-state index >= 15 is 0 Å². The summed E-state index contributed by atoms with van der Waals surface area (Å²) in [5, 5.41) is 12.1. The zero-order valence-electron chi connectivity index (χ0n) is 17.9. The summed E-state index contributed by atoms with van der Waals surface area (Å²) < 4.78 is 28.6. The Morgan fingerprint density at radius 1 is 1.16 bits per heavy atom. The molecule has 1 aliphatic rings. The lowest BCUT2D eigenvalue weighted by Crippen LogP contribution is -2.31. The Bertz CT molecular complexity index is 1270. The summed E-state index contributed by atoms with van der Waals surface area (Å²) in [7, 11) is -3.72. The highest BCUT2D eigenvalue weighted by Gasteiger charge is 2.39. The van der Waals surface area contributed by atoms with Crippen molar-refractivity contribution in [3.05, 3.63) is 68.1 Å². The number of benzene rings is 2. The van der Waals surface area contributed by atoms with Crippen LogP contribution in [0.2, 0.25) is 5.02 Å². The molecule has 1 atom stereocenters. The number of nitrogens with one attached hydrogen (secondary N) is 1. The molecule has 3 aromatic rings. The molecule has 1 N–H and O–H groups in total. The van der Waals surface area contributed by atoms with Crippen molar-refractivity contribution in [3.63, 3.8) is 0 Å². The van der Waals surface area contributed by atoms with Gasteiger partial charge in [0.1, 0.15) is 5.01 Å². The highest BCUT2D eigenvalue weighted by Crippen LogP contribution is 2.39. The fourth-order valence-corrected chi connectivity index (χ4v) is 7.40. The van der Waals surface area contributed by atoms with Gasteiger partial charge in [-0.2, -0.15) is 4.31 Å². The fraction of sp³-hybridized carbons (Fsp3) is 0.318. The number of carbonyl (C=O) groups excluding carboxylic acids is 1. The Morgan fingerprint density at radius 3 is 2.56 bits per heavy atom. The number of sulfonamides is 1. The first-order chi connectivity index (χ1) is 15.2. The number of aromatic nitrogens is 2. The van der Waals surface area contributed by atoms with Crippen LogP contribution >= 0.6 is 22.9 Å². The average Bonchev–Trinajstić information content (AvgIpc) is 3.37. The summed E-state index contributed by atoms with van der Waals surface area (Å²) in [5.74, 6) is -0.409. The van der Waals surface area contributed by atoms with Crippen molar-refractivity contribution in [1.29, 1.82) is 0 Å². The fourth-order valence-electron chi connectivity index (χ4n) is 4.18. The van der Waals surface area contributed by atoms with E-state index in [-0.39, 0.29) is 5.01 Å². The Labute approximate surface area is 196 Å². The van der Waals surface area contributed by atoms with E-state index in [1.807, 2.05) is 32.9 Å². The van der Waals surface area contributed by atoms with Crippen molar-refractivity contribution in [2.24, 2.45) is 0 Å². The maximum absolute atomic E-state index is 13.6. The minimum Gasteiger partial charge on any atom is -0.320 e. The number of anilines is 1. The zero-order valence-corrected chi connectivity index (χ0v) is 20.3. The number of hydrogen-bond acceptors (Lipinski definition) is 6. The molecule has 1 fully saturated rings. The molecule has 168 valence electrons. The van der Waals surface area contributed by atoms with Gasteiger partial charge in [0.2, 0.25) is 15.0 Å². The van der Waals surface area contributed by atoms with Crippen LogP contribution in [0.15, 0.2) is 41.3 Å². The highest BCUT2D eigenvalue weighted by molar-refractivity contribution is 7.89. The molecule has 2 heterocycles. The molecule has 4 rings (SSSR count). The zero-order chi connectivity index (χ0) is 23.0. The summed E-state index contributed by atoms with van der Waals surface area (Å²) in [6.45, 7) is 6.00. The molecular weight excluding hydrogens is 468 g/mol. The number of amides is 1. The van der Waals surface area contributed by atoms with E-state index in [4.69, 9.17) is 11.6 Å². The van der Waals surface area contributed by atoms with Crippen LogP contribution in [0.4, 0.5) is 5.69 Å². The lowest BCUT2D eigenvalue weighted by Gasteiger charge is -2.24. The normalized spacial score (nSPS) is 16.9. The van der Waals surface area contributed by atoms with E-state index in [2.05, 4.69) is 15.5 Å². The van der Waals surface area contributed by atoms with Crippen LogP contribution in [0, 0.1) is 20.8 Å². The molecule has 1 saturated heterocycles. The molecule has 1 aliphatic heterocycles. The molecule has 0 unspecified atom stereocenters. The molecule has 1 aromatic heterocycles. The van der Waals surface area contributed by atoms with Crippen molar-refractivity contribution < 1.29 is 13.2 Å². The van der Waals surface area contributed by atoms with Crippen LogP contribution in [0.1, 0.15) is 50.4 Å². The van der Waals surface area contributed by atoms with E-state index in [1.165, 1.54) is 4.31 Å². The van der Waals surface area contributed by atoms with E-state index in [0.29, 0.717) is 33.6 Å². The van der Waals surface area contributed by atoms with Crippen LogP contribution in [-0.4, -0.2) is 35.4 Å². The summed E-state index contributed by atoms with van der Waals surface area (Å²) in [5.41, 5.74) is 3.03. The van der Waals surface area contributed by atoms with Crippen molar-refractivity contribution >= 4 is 44.6 Å². The van der Waals surface area contributed by atoms with Crippen molar-refractivity contribution in [2.45, 2.75) is 44.6 Å². The molecule has 32 heavy (non-hydrogen) atoms. The van der Waals surface area contributed by atoms with Gasteiger partial charge in [0.15, 0.2) is 0 Å². The van der Waals surface area contributed by atoms with Crippen molar-refractivity contribution in [3.8, 4) is 0 Å². The number of carbonyl (C=O) groups is 1. The summed E-state index contributed by atoms with van der Waals surface area (Å²) in [6, 6.07) is 10.1. The van der Waals surface area contributed by atoms with Gasteiger partial charge < -0.3 is 5.32 Å². The first-order valence-corrected chi connectivity index (χ1v) is 12.8. The first kappa shape index (κ1) is 22.8. The van der Waals surface area contributed by atoms with Gasteiger partial charge in [-0.05, 0) is 62.9 Å². The lowest BCUT2D eigenvalue weighted by atomic mass is 10.1. The van der Waals surface area contributed by atoms with Gasteiger partial charge >= 0.3 is 0 Å². The standard InChI is InChI=1S/C22H23ClN4O3S2/c1-13-10-14(2)19(15(3)11-13)32(29,30)27-9-5-8-18(27)21-25-26-22(31-21)20(28)24-17-7-4-6-16(23)12-17/h4,6-7,10-12,18H,5,8-9H2,1-3H3,(H,24,28)/t18-/m1/s1. The molecule has 0 bridgehead atoms. The van der Waals surface area contributed by atoms with Gasteiger partial charge in [-0.1, -0.05) is 46.7 Å². The van der Waals surface area contributed by atoms with Crippen LogP contribution in [0.3, 0.4) is 0 Å². The van der Waals surface area contributed by atoms with Crippen LogP contribution in [-0.2, 0) is 10.0 Å². The van der Waals surface area contributed by atoms with Crippen LogP contribution < -0.4 is 5.32 Å². The minimum absolute atomic E-state index is 0.173. The van der Waals surface area contributed by atoms with E-state index in [0.717, 1.165) is 34.4 Å². The van der Waals surface area contributed by atoms with Crippen molar-refractivity contribution in [2.75, 3.05) is 11.9 Å². The second kappa shape index (κ2) is 8.90. The van der Waals surface area contributed by atoms with Crippen molar-refractivity contribution in [1.82, 2.24) is 14.5 Å². The largest absolute Gasteiger partial charge is 0.320 e. The predicted octanol–water partition coefficient (Wildman–Crippen LogP) is 4.89. The molecule has 0 aliphatic carbocycles. The molecule has 0 radical (unpaired) electrons. The lowest BCUT2D eigenvalue weighted by molar-refractivity contribution is 0.102. The smallest absolute Gasteiger partial charge is 0.286 e. The summed E-state index contributed by atoms with van der Waals surface area (Å²) in [6.07, 6.45) is 1.35. The number of halogens is 1. The molecule has 2 aromatic carbocycles. The van der Waals surface area contributed by atoms with Gasteiger partial charge in [-0.3, -0.25) is 4.79 Å². The molecule has 0 spiro atoms. The molecule has 10 heteroatoms. The minimum atomic E-state index is -3.72. The SMILES string of the molecule is Cc1cc(C)c(S(=O)(=O)N2CCC[C@@H]2c2nnc(C(=O)Nc3cccc(Cl)c3)s2)c(C)c1. The summed E-state index contributed by atoms with van der Waals surface area (Å²) in [4.78, 5) is 12.9. The second-order valence-electron chi connectivity index (χ2n) is 7.91. The Kier molecular flexibility index (Phi) is 6.35. The highest BCUT2D eigenvalue weighted by atomic mass is 35.5. The van der Waals surface area contributed by atoms with Gasteiger partial charge in [0.05, 0.1) is 10.9 Å². The van der Waals surface area contributed by atoms with Crippen LogP contribution in [0.25, 0.3) is 0 Å². The third-order valence-corrected chi connectivity index (χ3v) is 8.85. The molecular formula is C22H23ClN4O3S2. The maximum atomic E-state index is 13.6.